The summed E-state index contributed by atoms with van der Waals surface area (Å²) in [6.07, 6.45) is 18.6. The van der Waals surface area contributed by atoms with Crippen LogP contribution < -0.4 is 5.32 Å². The summed E-state index contributed by atoms with van der Waals surface area (Å²) in [5.74, 6) is 0. The molecule has 210 valence electrons. The van der Waals surface area contributed by atoms with Crippen LogP contribution in [0.15, 0.2) is 0 Å². The molecule has 0 aliphatic rings. The summed E-state index contributed by atoms with van der Waals surface area (Å²) in [7, 11) is 0. The first-order valence-corrected chi connectivity index (χ1v) is 14.7. The van der Waals surface area contributed by atoms with Gasteiger partial charge in [-0.05, 0) is 46.7 Å². The Balaban J connectivity index is 3.88. The first-order valence-electron chi connectivity index (χ1n) is 14.7. The monoisotopic (exact) mass is 500 g/mol. The molecule has 6 heteroatoms. The number of hydrogen-bond donors (Lipinski definition) is 1. The number of rotatable bonds is 25. The molecule has 0 atom stereocenters. The maximum Gasteiger partial charge on any atom is 0.407 e. The molecule has 0 saturated heterocycles. The molecular weight excluding hydrogens is 440 g/mol. The van der Waals surface area contributed by atoms with Crippen molar-refractivity contribution in [3.05, 3.63) is 0 Å². The third-order valence-corrected chi connectivity index (χ3v) is 5.99. The zero-order valence-electron chi connectivity index (χ0n) is 24.1. The van der Waals surface area contributed by atoms with Crippen molar-refractivity contribution in [1.29, 1.82) is 0 Å². The number of unbranched alkanes of at least 4 members (excludes halogenated alkanes) is 12. The molecular formula is C29H60N2O4. The Kier molecular flexibility index (Phi) is 24.2. The Morgan fingerprint density at radius 1 is 0.629 bits per heavy atom. The highest BCUT2D eigenvalue weighted by molar-refractivity contribution is 5.67. The summed E-state index contributed by atoms with van der Waals surface area (Å²) in [5, 5.41) is 2.70. The number of amides is 1. The van der Waals surface area contributed by atoms with E-state index in [1.54, 1.807) is 0 Å². The highest BCUT2D eigenvalue weighted by Crippen LogP contribution is 2.10. The van der Waals surface area contributed by atoms with Gasteiger partial charge < -0.3 is 24.4 Å². The molecule has 0 spiro atoms. The van der Waals surface area contributed by atoms with Gasteiger partial charge in [0.05, 0.1) is 26.4 Å². The zero-order valence-corrected chi connectivity index (χ0v) is 24.1. The van der Waals surface area contributed by atoms with Crippen molar-refractivity contribution in [2.45, 2.75) is 130 Å². The Labute approximate surface area is 218 Å². The van der Waals surface area contributed by atoms with Crippen LogP contribution in [0.3, 0.4) is 0 Å². The van der Waals surface area contributed by atoms with E-state index in [0.29, 0.717) is 26.4 Å². The van der Waals surface area contributed by atoms with Crippen LogP contribution in [0, 0.1) is 0 Å². The summed E-state index contributed by atoms with van der Waals surface area (Å²) in [4.78, 5) is 14.2. The van der Waals surface area contributed by atoms with Gasteiger partial charge in [-0.15, -0.1) is 0 Å². The molecule has 0 unspecified atom stereocenters. The largest absolute Gasteiger partial charge is 0.444 e. The van der Waals surface area contributed by atoms with Crippen molar-refractivity contribution >= 4 is 6.09 Å². The van der Waals surface area contributed by atoms with Crippen LogP contribution in [0.4, 0.5) is 4.79 Å². The van der Waals surface area contributed by atoms with Crippen LogP contribution in [-0.2, 0) is 14.2 Å². The second-order valence-electron chi connectivity index (χ2n) is 10.7. The smallest absolute Gasteiger partial charge is 0.407 e. The molecule has 1 N–H and O–H groups in total. The number of ether oxygens (including phenoxy) is 3. The van der Waals surface area contributed by atoms with Crippen molar-refractivity contribution < 1.29 is 19.0 Å². The molecule has 0 radical (unpaired) electrons. The molecule has 0 aliphatic carbocycles. The molecule has 0 fully saturated rings. The summed E-state index contributed by atoms with van der Waals surface area (Å²) >= 11 is 0. The Morgan fingerprint density at radius 3 is 1.57 bits per heavy atom. The molecule has 0 aromatic rings. The lowest BCUT2D eigenvalue weighted by molar-refractivity contribution is 0.0342. The highest BCUT2D eigenvalue weighted by Gasteiger charge is 2.15. The molecule has 6 nitrogen and oxygen atoms in total. The van der Waals surface area contributed by atoms with E-state index in [1.165, 1.54) is 103 Å². The highest BCUT2D eigenvalue weighted by atomic mass is 16.6. The number of nitrogens with one attached hydrogen (secondary N) is 1. The SMILES string of the molecule is CCCCCCCCCN(CCCCCCCCC)CCOCCOCCNC(=O)OC(C)(C)C. The molecule has 0 rings (SSSR count). The number of carbonyl (C=O) groups excluding carboxylic acids is 1. The molecule has 0 aromatic heterocycles. The van der Waals surface area contributed by atoms with Gasteiger partial charge in [0.1, 0.15) is 5.60 Å². The van der Waals surface area contributed by atoms with E-state index >= 15 is 0 Å². The van der Waals surface area contributed by atoms with Crippen molar-refractivity contribution in [2.24, 2.45) is 0 Å². The van der Waals surface area contributed by atoms with Gasteiger partial charge in [-0.1, -0.05) is 90.9 Å². The van der Waals surface area contributed by atoms with E-state index in [1.807, 2.05) is 20.8 Å². The van der Waals surface area contributed by atoms with Crippen molar-refractivity contribution in [1.82, 2.24) is 10.2 Å². The van der Waals surface area contributed by atoms with Crippen LogP contribution in [-0.4, -0.2) is 69.2 Å². The lowest BCUT2D eigenvalue weighted by atomic mass is 10.1. The summed E-state index contributed by atoms with van der Waals surface area (Å²) < 4.78 is 16.6. The number of alkyl carbamates (subject to hydrolysis) is 1. The van der Waals surface area contributed by atoms with Crippen LogP contribution >= 0.6 is 0 Å². The van der Waals surface area contributed by atoms with Crippen molar-refractivity contribution in [3.63, 3.8) is 0 Å². The molecule has 0 aliphatic heterocycles. The van der Waals surface area contributed by atoms with Gasteiger partial charge in [0.15, 0.2) is 0 Å². The van der Waals surface area contributed by atoms with Crippen molar-refractivity contribution in [3.8, 4) is 0 Å². The van der Waals surface area contributed by atoms with E-state index in [4.69, 9.17) is 14.2 Å². The lowest BCUT2D eigenvalue weighted by Gasteiger charge is -2.22. The van der Waals surface area contributed by atoms with Crippen LogP contribution in [0.2, 0.25) is 0 Å². The van der Waals surface area contributed by atoms with Gasteiger partial charge in [0, 0.05) is 13.1 Å². The second kappa shape index (κ2) is 24.8. The predicted octanol–water partition coefficient (Wildman–Crippen LogP) is 7.35. The van der Waals surface area contributed by atoms with Crippen molar-refractivity contribution in [2.75, 3.05) is 52.6 Å². The molecule has 0 heterocycles. The normalized spacial score (nSPS) is 11.8. The van der Waals surface area contributed by atoms with Gasteiger partial charge in [-0.2, -0.15) is 0 Å². The molecule has 0 aromatic carbocycles. The maximum atomic E-state index is 11.6. The van der Waals surface area contributed by atoms with E-state index in [9.17, 15) is 4.79 Å². The summed E-state index contributed by atoms with van der Waals surface area (Å²) in [6.45, 7) is 16.3. The van der Waals surface area contributed by atoms with Crippen LogP contribution in [0.1, 0.15) is 125 Å². The minimum Gasteiger partial charge on any atom is -0.444 e. The van der Waals surface area contributed by atoms with E-state index in [2.05, 4.69) is 24.1 Å². The van der Waals surface area contributed by atoms with Crippen LogP contribution in [0.25, 0.3) is 0 Å². The Bertz CT molecular complexity index is 436. The topological polar surface area (TPSA) is 60.0 Å². The molecule has 0 saturated carbocycles. The standard InChI is InChI=1S/C29H60N2O4/c1-6-8-10-12-14-16-18-21-31(22-19-17-15-13-11-9-7-2)23-25-34-27-26-33-24-20-30-28(32)35-29(3,4)5/h6-27H2,1-5H3,(H,30,32). The average Bonchev–Trinajstić information content (AvgIpc) is 2.80. The van der Waals surface area contributed by atoms with Gasteiger partial charge in [-0.25, -0.2) is 4.79 Å². The Morgan fingerprint density at radius 2 is 1.09 bits per heavy atom. The molecule has 0 bridgehead atoms. The fourth-order valence-electron chi connectivity index (χ4n) is 3.98. The van der Waals surface area contributed by atoms with E-state index in [0.717, 1.165) is 13.2 Å². The molecule has 35 heavy (non-hydrogen) atoms. The van der Waals surface area contributed by atoms with Gasteiger partial charge in [0.2, 0.25) is 0 Å². The lowest BCUT2D eigenvalue weighted by Crippen LogP contribution is -2.34. The zero-order chi connectivity index (χ0) is 26.0. The Hall–Kier alpha value is -0.850. The number of nitrogens with zero attached hydrogens (tertiary/aromatic N) is 1. The predicted molar refractivity (Wildman–Crippen MR) is 148 cm³/mol. The minimum absolute atomic E-state index is 0.403. The maximum absolute atomic E-state index is 11.6. The molecule has 1 amide bonds. The number of hydrogen-bond acceptors (Lipinski definition) is 5. The van der Waals surface area contributed by atoms with E-state index in [-0.39, 0.29) is 0 Å². The van der Waals surface area contributed by atoms with Crippen LogP contribution in [0.5, 0.6) is 0 Å². The quantitative estimate of drug-likeness (QED) is 0.133. The van der Waals surface area contributed by atoms with Gasteiger partial charge >= 0.3 is 6.09 Å². The first-order chi connectivity index (χ1) is 16.9. The summed E-state index contributed by atoms with van der Waals surface area (Å²) in [5.41, 5.74) is -0.476. The second-order valence-corrected chi connectivity index (χ2v) is 10.7. The third-order valence-electron chi connectivity index (χ3n) is 5.99. The average molecular weight is 501 g/mol. The third kappa shape index (κ3) is 27.6. The van der Waals surface area contributed by atoms with E-state index < -0.39 is 11.7 Å². The number of carbonyl (C=O) groups is 1. The summed E-state index contributed by atoms with van der Waals surface area (Å²) in [6, 6.07) is 0. The fraction of sp³-hybridized carbons (Fsp3) is 0.966. The van der Waals surface area contributed by atoms with Gasteiger partial charge in [-0.3, -0.25) is 0 Å². The first kappa shape index (κ1) is 34.1. The van der Waals surface area contributed by atoms with Gasteiger partial charge in [0.25, 0.3) is 0 Å². The minimum atomic E-state index is -0.476. The fourth-order valence-corrected chi connectivity index (χ4v) is 3.98.